The number of amides is 2. The van der Waals surface area contributed by atoms with Gasteiger partial charge in [0.15, 0.2) is 0 Å². The highest BCUT2D eigenvalue weighted by atomic mass is 32.2. The first kappa shape index (κ1) is 28.4. The van der Waals surface area contributed by atoms with Crippen molar-refractivity contribution < 1.29 is 18.7 Å². The molecular formula is C31H32FN5O3S. The number of hydrogen-bond acceptors (Lipinski definition) is 6. The van der Waals surface area contributed by atoms with Gasteiger partial charge in [0.25, 0.3) is 0 Å². The molecule has 2 aromatic heterocycles. The van der Waals surface area contributed by atoms with Gasteiger partial charge < -0.3 is 10.1 Å². The SMILES string of the molecule is COc1ccc(-n2nc(C(C)(C)C)c3c2N(CC(=O)NCc2ccncc2)C(=O)CSC3c2cccc(F)c2)cc1. The Morgan fingerprint density at radius 1 is 1.12 bits per heavy atom. The van der Waals surface area contributed by atoms with E-state index < -0.39 is 5.41 Å². The molecule has 1 aliphatic rings. The number of methoxy groups -OCH3 is 1. The second-order valence-corrected chi connectivity index (χ2v) is 11.9. The largest absolute Gasteiger partial charge is 0.497 e. The average molecular weight is 574 g/mol. The van der Waals surface area contributed by atoms with Crippen molar-refractivity contribution in [1.82, 2.24) is 20.1 Å². The predicted molar refractivity (Wildman–Crippen MR) is 158 cm³/mol. The van der Waals surface area contributed by atoms with Crippen LogP contribution in [0.5, 0.6) is 5.75 Å². The summed E-state index contributed by atoms with van der Waals surface area (Å²) < 4.78 is 21.5. The maximum absolute atomic E-state index is 14.4. The molecule has 1 aliphatic heterocycles. The smallest absolute Gasteiger partial charge is 0.240 e. The molecule has 0 saturated heterocycles. The number of halogens is 1. The minimum Gasteiger partial charge on any atom is -0.497 e. The summed E-state index contributed by atoms with van der Waals surface area (Å²) in [5.41, 5.74) is 3.47. The molecule has 4 aromatic rings. The fourth-order valence-electron chi connectivity index (χ4n) is 4.81. The van der Waals surface area contributed by atoms with Gasteiger partial charge in [-0.1, -0.05) is 32.9 Å². The molecule has 3 heterocycles. The zero-order valence-corrected chi connectivity index (χ0v) is 24.2. The van der Waals surface area contributed by atoms with Gasteiger partial charge in [-0.2, -0.15) is 5.10 Å². The molecule has 8 nitrogen and oxygen atoms in total. The fraction of sp³-hybridized carbons (Fsp3) is 0.290. The first-order valence-corrected chi connectivity index (χ1v) is 14.3. The van der Waals surface area contributed by atoms with Crippen molar-refractivity contribution in [2.45, 2.75) is 38.0 Å². The lowest BCUT2D eigenvalue weighted by atomic mass is 9.87. The Morgan fingerprint density at radius 2 is 1.85 bits per heavy atom. The summed E-state index contributed by atoms with van der Waals surface area (Å²) in [4.78, 5) is 32.5. The molecule has 0 saturated carbocycles. The third-order valence-corrected chi connectivity index (χ3v) is 8.06. The summed E-state index contributed by atoms with van der Waals surface area (Å²) >= 11 is 1.41. The molecule has 41 heavy (non-hydrogen) atoms. The lowest BCUT2D eigenvalue weighted by molar-refractivity contribution is -0.123. The predicted octanol–water partition coefficient (Wildman–Crippen LogP) is 5.20. The van der Waals surface area contributed by atoms with E-state index >= 15 is 0 Å². The number of aromatic nitrogens is 3. The van der Waals surface area contributed by atoms with E-state index in [-0.39, 0.29) is 35.2 Å². The highest BCUT2D eigenvalue weighted by molar-refractivity contribution is 8.00. The number of pyridine rings is 1. The van der Waals surface area contributed by atoms with Crippen LogP contribution in [0.2, 0.25) is 0 Å². The number of nitrogens with zero attached hydrogens (tertiary/aromatic N) is 4. The molecule has 5 rings (SSSR count). The van der Waals surface area contributed by atoms with E-state index in [1.54, 1.807) is 30.3 Å². The highest BCUT2D eigenvalue weighted by Crippen LogP contribution is 2.48. The first-order valence-electron chi connectivity index (χ1n) is 13.3. The Labute approximate surface area is 242 Å². The van der Waals surface area contributed by atoms with Crippen LogP contribution in [-0.2, 0) is 21.5 Å². The summed E-state index contributed by atoms with van der Waals surface area (Å²) in [6.45, 7) is 6.28. The van der Waals surface area contributed by atoms with Crippen molar-refractivity contribution in [1.29, 1.82) is 0 Å². The average Bonchev–Trinajstić information content (AvgIpc) is 3.30. The zero-order valence-electron chi connectivity index (χ0n) is 23.4. The number of benzene rings is 2. The van der Waals surface area contributed by atoms with Gasteiger partial charge in [0.2, 0.25) is 11.8 Å². The topological polar surface area (TPSA) is 89.3 Å². The standard InChI is InChI=1S/C31H32FN5O3S/c1-31(2,3)29-27-28(21-6-5-7-22(32)16-21)41-19-26(39)36(18-25(38)34-17-20-12-14-33-15-13-20)30(27)37(35-29)23-8-10-24(40-4)11-9-23/h5-16,28H,17-19H2,1-4H3,(H,34,38). The highest BCUT2D eigenvalue weighted by Gasteiger charge is 2.40. The molecule has 1 atom stereocenters. The van der Waals surface area contributed by atoms with Crippen molar-refractivity contribution in [3.05, 3.63) is 101 Å². The van der Waals surface area contributed by atoms with E-state index in [0.717, 1.165) is 22.4 Å². The van der Waals surface area contributed by atoms with Crippen LogP contribution >= 0.6 is 11.8 Å². The Bertz CT molecular complexity index is 1550. The minimum atomic E-state index is -0.420. The van der Waals surface area contributed by atoms with E-state index in [4.69, 9.17) is 9.84 Å². The Kier molecular flexibility index (Phi) is 8.12. The number of thioether (sulfide) groups is 1. The summed E-state index contributed by atoms with van der Waals surface area (Å²) in [7, 11) is 1.60. The number of fused-ring (bicyclic) bond motifs is 1. The van der Waals surface area contributed by atoms with Gasteiger partial charge in [0, 0.05) is 29.9 Å². The lowest BCUT2D eigenvalue weighted by Gasteiger charge is -2.24. The first-order chi connectivity index (χ1) is 19.7. The van der Waals surface area contributed by atoms with Crippen LogP contribution in [0.4, 0.5) is 10.2 Å². The summed E-state index contributed by atoms with van der Waals surface area (Å²) in [5.74, 6) is 0.398. The van der Waals surface area contributed by atoms with Crippen LogP contribution in [0.3, 0.4) is 0 Å². The molecule has 0 fully saturated rings. The van der Waals surface area contributed by atoms with E-state index in [9.17, 15) is 14.0 Å². The second-order valence-electron chi connectivity index (χ2n) is 10.8. The van der Waals surface area contributed by atoms with Crippen LogP contribution < -0.4 is 15.0 Å². The van der Waals surface area contributed by atoms with Crippen molar-refractivity contribution in [3.8, 4) is 11.4 Å². The molecule has 1 unspecified atom stereocenters. The van der Waals surface area contributed by atoms with Gasteiger partial charge in [0.05, 0.1) is 29.5 Å². The molecule has 0 radical (unpaired) electrons. The van der Waals surface area contributed by atoms with Crippen LogP contribution in [0.25, 0.3) is 5.69 Å². The number of rotatable bonds is 7. The van der Waals surface area contributed by atoms with Crippen molar-refractivity contribution in [3.63, 3.8) is 0 Å². The molecule has 0 spiro atoms. The summed E-state index contributed by atoms with van der Waals surface area (Å²) in [6.07, 6.45) is 3.33. The van der Waals surface area contributed by atoms with E-state index in [1.165, 1.54) is 28.8 Å². The van der Waals surface area contributed by atoms with E-state index in [1.807, 2.05) is 42.5 Å². The number of carbonyl (C=O) groups excluding carboxylic acids is 2. The van der Waals surface area contributed by atoms with Gasteiger partial charge in [-0.05, 0) is 59.7 Å². The van der Waals surface area contributed by atoms with Gasteiger partial charge in [-0.25, -0.2) is 9.07 Å². The number of carbonyl (C=O) groups is 2. The Morgan fingerprint density at radius 3 is 2.51 bits per heavy atom. The third-order valence-electron chi connectivity index (χ3n) is 6.81. The van der Waals surface area contributed by atoms with Crippen LogP contribution in [0.1, 0.15) is 48.4 Å². The lowest BCUT2D eigenvalue weighted by Crippen LogP contribution is -2.42. The van der Waals surface area contributed by atoms with Crippen LogP contribution in [0.15, 0.2) is 73.1 Å². The monoisotopic (exact) mass is 573 g/mol. The molecule has 1 N–H and O–H groups in total. The molecule has 2 amide bonds. The molecule has 0 aliphatic carbocycles. The van der Waals surface area contributed by atoms with Gasteiger partial charge in [0.1, 0.15) is 23.9 Å². The molecule has 2 aromatic carbocycles. The molecule has 212 valence electrons. The summed E-state index contributed by atoms with van der Waals surface area (Å²) in [6, 6.07) is 17.5. The van der Waals surface area contributed by atoms with Crippen LogP contribution in [-0.4, -0.2) is 46.0 Å². The molecule has 10 heteroatoms. The van der Waals surface area contributed by atoms with Gasteiger partial charge in [-0.3, -0.25) is 19.5 Å². The quantitative estimate of drug-likeness (QED) is 0.327. The van der Waals surface area contributed by atoms with E-state index in [2.05, 4.69) is 31.1 Å². The molecular weight excluding hydrogens is 541 g/mol. The fourth-order valence-corrected chi connectivity index (χ4v) is 6.00. The Hall–Kier alpha value is -4.18. The number of nitrogens with one attached hydrogen (secondary N) is 1. The molecule has 0 bridgehead atoms. The zero-order chi connectivity index (χ0) is 29.1. The summed E-state index contributed by atoms with van der Waals surface area (Å²) in [5, 5.41) is 7.59. The van der Waals surface area contributed by atoms with Crippen molar-refractivity contribution in [2.75, 3.05) is 24.3 Å². The van der Waals surface area contributed by atoms with E-state index in [0.29, 0.717) is 23.8 Å². The maximum atomic E-state index is 14.4. The van der Waals surface area contributed by atoms with Crippen molar-refractivity contribution in [2.24, 2.45) is 0 Å². The minimum absolute atomic E-state index is 0.111. The Balaban J connectivity index is 1.65. The van der Waals surface area contributed by atoms with Crippen molar-refractivity contribution >= 4 is 29.4 Å². The normalized spacial score (nSPS) is 15.3. The second kappa shape index (κ2) is 11.7. The number of ether oxygens (including phenoxy) is 1. The number of hydrogen-bond donors (Lipinski definition) is 1. The van der Waals surface area contributed by atoms with Crippen LogP contribution in [0, 0.1) is 5.82 Å². The number of anilines is 1. The maximum Gasteiger partial charge on any atom is 0.240 e. The third kappa shape index (κ3) is 6.12. The van der Waals surface area contributed by atoms with Gasteiger partial charge >= 0.3 is 0 Å². The van der Waals surface area contributed by atoms with Gasteiger partial charge in [-0.15, -0.1) is 11.8 Å².